The van der Waals surface area contributed by atoms with Crippen molar-refractivity contribution in [3.05, 3.63) is 229 Å². The van der Waals surface area contributed by atoms with E-state index >= 15 is 0 Å². The van der Waals surface area contributed by atoms with Crippen LogP contribution in [0.3, 0.4) is 0 Å². The quantitative estimate of drug-likeness (QED) is 0.178. The van der Waals surface area contributed by atoms with E-state index in [1.54, 1.807) is 0 Å². The molecule has 5 heteroatoms. The van der Waals surface area contributed by atoms with E-state index in [1.807, 2.05) is 48.2 Å². The van der Waals surface area contributed by atoms with Crippen LogP contribution >= 0.6 is 11.8 Å². The van der Waals surface area contributed by atoms with Crippen molar-refractivity contribution in [2.24, 2.45) is 0 Å². The highest BCUT2D eigenvalue weighted by atomic mass is 32.2. The van der Waals surface area contributed by atoms with Gasteiger partial charge in [-0.15, -0.1) is 0 Å². The molecular weight excluding hydrogens is 761 g/mol. The van der Waals surface area contributed by atoms with E-state index < -0.39 is 5.41 Å². The molecule has 2 aromatic heterocycles. The Morgan fingerprint density at radius 1 is 0.377 bits per heavy atom. The highest BCUT2D eigenvalue weighted by Gasteiger charge is 2.50. The molecule has 1 aliphatic heterocycles. The molecule has 9 aromatic carbocycles. The Balaban J connectivity index is 1.11. The zero-order valence-corrected chi connectivity index (χ0v) is 33.6. The van der Waals surface area contributed by atoms with Gasteiger partial charge in [-0.2, -0.15) is 0 Å². The van der Waals surface area contributed by atoms with E-state index in [0.29, 0.717) is 17.5 Å². The van der Waals surface area contributed by atoms with Crippen molar-refractivity contribution >= 4 is 44.3 Å². The van der Waals surface area contributed by atoms with Crippen LogP contribution in [-0.4, -0.2) is 19.5 Å². The fourth-order valence-electron chi connectivity index (χ4n) is 10.1. The number of hydrogen-bond donors (Lipinski definition) is 0. The summed E-state index contributed by atoms with van der Waals surface area (Å²) in [5.41, 5.74) is 13.6. The third-order valence-corrected chi connectivity index (χ3v) is 13.8. The lowest BCUT2D eigenvalue weighted by atomic mass is 9.67. The van der Waals surface area contributed by atoms with Crippen molar-refractivity contribution in [3.8, 4) is 51.0 Å². The first kappa shape index (κ1) is 34.3. The zero-order chi connectivity index (χ0) is 40.1. The first-order valence-electron chi connectivity index (χ1n) is 20.7. The van der Waals surface area contributed by atoms with Crippen LogP contribution in [0.1, 0.15) is 22.3 Å². The Kier molecular flexibility index (Phi) is 7.42. The van der Waals surface area contributed by atoms with Gasteiger partial charge in [0.25, 0.3) is 0 Å². The molecule has 0 saturated carbocycles. The Morgan fingerprint density at radius 2 is 0.951 bits per heavy atom. The van der Waals surface area contributed by atoms with Gasteiger partial charge in [-0.05, 0) is 69.1 Å². The van der Waals surface area contributed by atoms with Gasteiger partial charge < -0.3 is 4.57 Å². The Hall–Kier alpha value is -7.60. The molecular formula is C56H34N4S. The molecule has 284 valence electrons. The number of rotatable bonds is 4. The van der Waals surface area contributed by atoms with Gasteiger partial charge >= 0.3 is 0 Å². The molecule has 0 saturated heterocycles. The fraction of sp³-hybridized carbons (Fsp3) is 0.0179. The molecule has 61 heavy (non-hydrogen) atoms. The van der Waals surface area contributed by atoms with Crippen molar-refractivity contribution in [2.75, 3.05) is 0 Å². The maximum Gasteiger partial charge on any atom is 0.164 e. The van der Waals surface area contributed by atoms with E-state index in [9.17, 15) is 0 Å². The van der Waals surface area contributed by atoms with Crippen LogP contribution in [0.5, 0.6) is 0 Å². The fourth-order valence-corrected chi connectivity index (χ4v) is 11.3. The van der Waals surface area contributed by atoms with Gasteiger partial charge in [-0.1, -0.05) is 188 Å². The minimum atomic E-state index is -0.490. The molecule has 4 nitrogen and oxygen atoms in total. The summed E-state index contributed by atoms with van der Waals surface area (Å²) in [6, 6.07) is 74.5. The Bertz CT molecular complexity index is 3470. The maximum atomic E-state index is 5.13. The summed E-state index contributed by atoms with van der Waals surface area (Å²) in [6.07, 6.45) is 0. The van der Waals surface area contributed by atoms with Crippen LogP contribution in [0.25, 0.3) is 83.6 Å². The smallest absolute Gasteiger partial charge is 0.164 e. The second-order valence-electron chi connectivity index (χ2n) is 15.9. The highest BCUT2D eigenvalue weighted by Crippen LogP contribution is 2.62. The predicted octanol–water partition coefficient (Wildman–Crippen LogP) is 14.0. The molecule has 13 rings (SSSR count). The normalized spacial score (nSPS) is 13.3. The molecule has 11 aromatic rings. The van der Waals surface area contributed by atoms with Crippen molar-refractivity contribution in [3.63, 3.8) is 0 Å². The molecule has 0 bridgehead atoms. The molecule has 0 N–H and O–H groups in total. The third kappa shape index (κ3) is 4.99. The molecule has 0 radical (unpaired) electrons. The van der Waals surface area contributed by atoms with Crippen LogP contribution in [0, 0.1) is 0 Å². The predicted molar refractivity (Wildman–Crippen MR) is 249 cm³/mol. The highest BCUT2D eigenvalue weighted by molar-refractivity contribution is 7.99. The molecule has 0 atom stereocenters. The number of benzene rings is 9. The number of aromatic nitrogens is 4. The molecule has 0 unspecified atom stereocenters. The van der Waals surface area contributed by atoms with Crippen LogP contribution in [0.2, 0.25) is 0 Å². The van der Waals surface area contributed by atoms with Crippen molar-refractivity contribution in [2.45, 2.75) is 15.2 Å². The molecule has 0 amide bonds. The second kappa shape index (κ2) is 13.2. The lowest BCUT2D eigenvalue weighted by Crippen LogP contribution is -2.32. The average Bonchev–Trinajstić information content (AvgIpc) is 3.82. The zero-order valence-electron chi connectivity index (χ0n) is 32.8. The summed E-state index contributed by atoms with van der Waals surface area (Å²) in [6.45, 7) is 0. The summed E-state index contributed by atoms with van der Waals surface area (Å²) in [5, 5.41) is 4.86. The van der Waals surface area contributed by atoms with E-state index in [-0.39, 0.29) is 0 Å². The first-order valence-corrected chi connectivity index (χ1v) is 21.5. The summed E-state index contributed by atoms with van der Waals surface area (Å²) < 4.78 is 2.49. The summed E-state index contributed by atoms with van der Waals surface area (Å²) in [5.74, 6) is 1.91. The van der Waals surface area contributed by atoms with Crippen molar-refractivity contribution in [1.82, 2.24) is 19.5 Å². The van der Waals surface area contributed by atoms with Crippen molar-refractivity contribution in [1.29, 1.82) is 0 Å². The summed E-state index contributed by atoms with van der Waals surface area (Å²) >= 11 is 1.89. The van der Waals surface area contributed by atoms with E-state index in [2.05, 4.69) is 174 Å². The third-order valence-electron chi connectivity index (χ3n) is 12.7. The summed E-state index contributed by atoms with van der Waals surface area (Å²) in [4.78, 5) is 17.8. The van der Waals surface area contributed by atoms with Crippen LogP contribution < -0.4 is 0 Å². The Labute approximate surface area is 356 Å². The van der Waals surface area contributed by atoms with Gasteiger partial charge in [0.1, 0.15) is 0 Å². The SMILES string of the molecule is c1ccc(-c2nc(-c3ccccc3)nc(-c3cccc(-n4c5cc6c(cc5c5ccc7ccccc7c54)Sc4ccccc4C64c5ccccc5-c5ccccc54)c3)n2)cc1. The largest absolute Gasteiger partial charge is 0.309 e. The number of fused-ring (bicyclic) bond motifs is 14. The number of nitrogens with zero attached hydrogens (tertiary/aromatic N) is 4. The van der Waals surface area contributed by atoms with Gasteiger partial charge in [0, 0.05) is 48.3 Å². The van der Waals surface area contributed by atoms with Gasteiger partial charge in [-0.3, -0.25) is 0 Å². The van der Waals surface area contributed by atoms with Crippen LogP contribution in [0.4, 0.5) is 0 Å². The molecule has 1 aliphatic carbocycles. The summed E-state index contributed by atoms with van der Waals surface area (Å²) in [7, 11) is 0. The monoisotopic (exact) mass is 794 g/mol. The first-order chi connectivity index (χ1) is 30.2. The van der Waals surface area contributed by atoms with Crippen molar-refractivity contribution < 1.29 is 0 Å². The van der Waals surface area contributed by atoms with Gasteiger partial charge in [0.15, 0.2) is 17.5 Å². The minimum Gasteiger partial charge on any atom is -0.309 e. The average molecular weight is 795 g/mol. The number of hydrogen-bond acceptors (Lipinski definition) is 4. The minimum absolute atomic E-state index is 0.490. The van der Waals surface area contributed by atoms with E-state index in [0.717, 1.165) is 27.9 Å². The van der Waals surface area contributed by atoms with Crippen LogP contribution in [-0.2, 0) is 5.41 Å². The maximum absolute atomic E-state index is 5.13. The van der Waals surface area contributed by atoms with Gasteiger partial charge in [0.05, 0.1) is 16.4 Å². The molecule has 0 fully saturated rings. The molecule has 2 aliphatic rings. The topological polar surface area (TPSA) is 43.6 Å². The van der Waals surface area contributed by atoms with E-state index in [1.165, 1.54) is 70.2 Å². The van der Waals surface area contributed by atoms with Crippen LogP contribution in [0.15, 0.2) is 216 Å². The molecule has 1 spiro atoms. The molecule has 3 heterocycles. The lowest BCUT2D eigenvalue weighted by molar-refractivity contribution is 0.724. The second-order valence-corrected chi connectivity index (χ2v) is 17.0. The van der Waals surface area contributed by atoms with E-state index in [4.69, 9.17) is 15.0 Å². The van der Waals surface area contributed by atoms with Gasteiger partial charge in [0.2, 0.25) is 0 Å². The lowest BCUT2D eigenvalue weighted by Gasteiger charge is -2.39. The standard InChI is InChI=1S/C56H34N4S/c1-3-17-36(18-4-1)53-57-54(37-19-5-2-6-20-37)59-55(58-53)38-21-15-22-39(32-38)60-49-34-48-51(33-44(49)43-31-30-35-16-7-8-23-40(35)52(43)60)61-50-29-14-13-28-47(50)56(48)45-26-11-9-24-41(45)42-25-10-12-27-46(42)56/h1-34H. The Morgan fingerprint density at radius 3 is 1.66 bits per heavy atom. The van der Waals surface area contributed by atoms with Gasteiger partial charge in [-0.25, -0.2) is 15.0 Å².